The van der Waals surface area contributed by atoms with Gasteiger partial charge in [0.05, 0.1) is 6.54 Å². The van der Waals surface area contributed by atoms with E-state index in [1.165, 1.54) is 57.8 Å². The zero-order valence-electron chi connectivity index (χ0n) is 13.3. The fourth-order valence-electron chi connectivity index (χ4n) is 2.47. The topological polar surface area (TPSA) is 66.6 Å². The van der Waals surface area contributed by atoms with Gasteiger partial charge in [0.25, 0.3) is 0 Å². The summed E-state index contributed by atoms with van der Waals surface area (Å²) in [5.41, 5.74) is 5.49. The largest absolute Gasteiger partial charge is 0.480 e. The molecule has 0 aromatic carbocycles. The highest BCUT2D eigenvalue weighted by molar-refractivity contribution is 5.69. The van der Waals surface area contributed by atoms with Crippen LogP contribution in [0.1, 0.15) is 71.1 Å². The zero-order chi connectivity index (χ0) is 15.1. The maximum atomic E-state index is 10.7. The molecule has 3 N–H and O–H groups in total. The standard InChI is InChI=1S/C16H34N2O2/c1-2-3-4-5-6-7-8-9-10-11-13-18(14-12-17)15-16(19)20/h2-15,17H2,1H3,(H,19,20). The lowest BCUT2D eigenvalue weighted by atomic mass is 10.1. The van der Waals surface area contributed by atoms with Gasteiger partial charge in [0, 0.05) is 13.1 Å². The summed E-state index contributed by atoms with van der Waals surface area (Å²) in [4.78, 5) is 12.6. The van der Waals surface area contributed by atoms with Crippen LogP contribution in [-0.2, 0) is 4.79 Å². The molecule has 0 fully saturated rings. The number of hydrogen-bond acceptors (Lipinski definition) is 3. The van der Waals surface area contributed by atoms with E-state index in [0.29, 0.717) is 13.1 Å². The highest BCUT2D eigenvalue weighted by Crippen LogP contribution is 2.10. The van der Waals surface area contributed by atoms with E-state index in [1.807, 2.05) is 4.90 Å². The minimum Gasteiger partial charge on any atom is -0.480 e. The lowest BCUT2D eigenvalue weighted by Crippen LogP contribution is -2.34. The highest BCUT2D eigenvalue weighted by atomic mass is 16.4. The van der Waals surface area contributed by atoms with E-state index in [0.717, 1.165) is 13.0 Å². The molecule has 20 heavy (non-hydrogen) atoms. The molecular formula is C16H34N2O2. The second-order valence-electron chi connectivity index (χ2n) is 5.64. The maximum Gasteiger partial charge on any atom is 0.317 e. The molecule has 0 aromatic rings. The molecule has 0 radical (unpaired) electrons. The van der Waals surface area contributed by atoms with E-state index in [-0.39, 0.29) is 6.54 Å². The van der Waals surface area contributed by atoms with Crippen molar-refractivity contribution in [3.8, 4) is 0 Å². The number of carboxylic acid groups (broad SMARTS) is 1. The number of nitrogens with two attached hydrogens (primary N) is 1. The third-order valence-corrected chi connectivity index (χ3v) is 3.63. The highest BCUT2D eigenvalue weighted by Gasteiger charge is 2.07. The van der Waals surface area contributed by atoms with Gasteiger partial charge in [-0.25, -0.2) is 0 Å². The van der Waals surface area contributed by atoms with Gasteiger partial charge in [0.15, 0.2) is 0 Å². The van der Waals surface area contributed by atoms with Crippen LogP contribution in [0.2, 0.25) is 0 Å². The average Bonchev–Trinajstić information content (AvgIpc) is 2.40. The molecule has 0 spiro atoms. The number of nitrogens with zero attached hydrogens (tertiary/aromatic N) is 1. The lowest BCUT2D eigenvalue weighted by molar-refractivity contribution is -0.138. The molecule has 0 unspecified atom stereocenters. The number of carboxylic acids is 1. The molecule has 0 saturated heterocycles. The molecule has 120 valence electrons. The zero-order valence-corrected chi connectivity index (χ0v) is 13.3. The SMILES string of the molecule is CCCCCCCCCCCCN(CCN)CC(=O)O. The minimum absolute atomic E-state index is 0.120. The van der Waals surface area contributed by atoms with E-state index in [1.54, 1.807) is 0 Å². The van der Waals surface area contributed by atoms with Crippen molar-refractivity contribution in [3.63, 3.8) is 0 Å². The first-order valence-corrected chi connectivity index (χ1v) is 8.35. The molecule has 0 aliphatic carbocycles. The van der Waals surface area contributed by atoms with Crippen molar-refractivity contribution in [1.29, 1.82) is 0 Å². The van der Waals surface area contributed by atoms with Gasteiger partial charge < -0.3 is 10.8 Å². The van der Waals surface area contributed by atoms with Gasteiger partial charge in [-0.15, -0.1) is 0 Å². The second kappa shape index (κ2) is 14.8. The molecule has 0 heterocycles. The Bertz CT molecular complexity index is 223. The number of carbonyl (C=O) groups is 1. The van der Waals surface area contributed by atoms with Crippen molar-refractivity contribution in [1.82, 2.24) is 4.90 Å². The summed E-state index contributed by atoms with van der Waals surface area (Å²) in [7, 11) is 0. The van der Waals surface area contributed by atoms with Gasteiger partial charge in [-0.05, 0) is 13.0 Å². The summed E-state index contributed by atoms with van der Waals surface area (Å²) in [6.07, 6.45) is 13.1. The van der Waals surface area contributed by atoms with Crippen LogP contribution >= 0.6 is 0 Å². The summed E-state index contributed by atoms with van der Waals surface area (Å²) >= 11 is 0. The summed E-state index contributed by atoms with van der Waals surface area (Å²) in [6, 6.07) is 0. The molecule has 0 atom stereocenters. The number of rotatable bonds is 15. The Hall–Kier alpha value is -0.610. The van der Waals surface area contributed by atoms with Crippen molar-refractivity contribution in [2.75, 3.05) is 26.2 Å². The molecule has 0 aliphatic rings. The summed E-state index contributed by atoms with van der Waals surface area (Å²) in [5.74, 6) is -0.759. The molecule has 0 bridgehead atoms. The van der Waals surface area contributed by atoms with E-state index in [4.69, 9.17) is 10.8 Å². The van der Waals surface area contributed by atoms with Crippen LogP contribution in [0.5, 0.6) is 0 Å². The quantitative estimate of drug-likeness (QED) is 0.453. The van der Waals surface area contributed by atoms with Crippen molar-refractivity contribution in [3.05, 3.63) is 0 Å². The lowest BCUT2D eigenvalue weighted by Gasteiger charge is -2.18. The van der Waals surface area contributed by atoms with Crippen molar-refractivity contribution in [2.24, 2.45) is 5.73 Å². The van der Waals surface area contributed by atoms with Crippen LogP contribution in [0, 0.1) is 0 Å². The van der Waals surface area contributed by atoms with Crippen molar-refractivity contribution < 1.29 is 9.90 Å². The summed E-state index contributed by atoms with van der Waals surface area (Å²) < 4.78 is 0. The van der Waals surface area contributed by atoms with Crippen molar-refractivity contribution >= 4 is 5.97 Å². The molecular weight excluding hydrogens is 252 g/mol. The molecule has 0 amide bonds. The van der Waals surface area contributed by atoms with E-state index in [9.17, 15) is 4.79 Å². The molecule has 0 aromatic heterocycles. The summed E-state index contributed by atoms with van der Waals surface area (Å²) in [5, 5.41) is 8.79. The predicted molar refractivity (Wildman–Crippen MR) is 85.0 cm³/mol. The predicted octanol–water partition coefficient (Wildman–Crippen LogP) is 3.25. The molecule has 4 heteroatoms. The Morgan fingerprint density at radius 3 is 1.85 bits per heavy atom. The van der Waals surface area contributed by atoms with Gasteiger partial charge >= 0.3 is 5.97 Å². The van der Waals surface area contributed by atoms with E-state index in [2.05, 4.69) is 6.92 Å². The average molecular weight is 286 g/mol. The number of aliphatic carboxylic acids is 1. The van der Waals surface area contributed by atoms with Crippen LogP contribution in [0.15, 0.2) is 0 Å². The summed E-state index contributed by atoms with van der Waals surface area (Å²) in [6.45, 7) is 4.45. The van der Waals surface area contributed by atoms with Crippen LogP contribution in [0.25, 0.3) is 0 Å². The molecule has 4 nitrogen and oxygen atoms in total. The first-order chi connectivity index (χ1) is 9.70. The van der Waals surface area contributed by atoms with Gasteiger partial charge in [0.2, 0.25) is 0 Å². The molecule has 0 aliphatic heterocycles. The monoisotopic (exact) mass is 286 g/mol. The Kier molecular flexibility index (Phi) is 14.3. The van der Waals surface area contributed by atoms with E-state index >= 15 is 0 Å². The second-order valence-corrected chi connectivity index (χ2v) is 5.64. The Balaban J connectivity index is 3.34. The van der Waals surface area contributed by atoms with Crippen LogP contribution < -0.4 is 5.73 Å². The van der Waals surface area contributed by atoms with Gasteiger partial charge in [-0.2, -0.15) is 0 Å². The smallest absolute Gasteiger partial charge is 0.317 e. The fourth-order valence-corrected chi connectivity index (χ4v) is 2.47. The first kappa shape index (κ1) is 19.4. The molecule has 0 saturated carbocycles. The van der Waals surface area contributed by atoms with Crippen molar-refractivity contribution in [2.45, 2.75) is 71.1 Å². The van der Waals surface area contributed by atoms with E-state index < -0.39 is 5.97 Å². The first-order valence-electron chi connectivity index (χ1n) is 8.35. The van der Waals surface area contributed by atoms with Gasteiger partial charge in [-0.3, -0.25) is 9.69 Å². The Labute approximate surface area is 124 Å². The van der Waals surface area contributed by atoms with Gasteiger partial charge in [0.1, 0.15) is 0 Å². The van der Waals surface area contributed by atoms with Crippen LogP contribution in [0.3, 0.4) is 0 Å². The Morgan fingerprint density at radius 1 is 0.900 bits per heavy atom. The van der Waals surface area contributed by atoms with Gasteiger partial charge in [-0.1, -0.05) is 64.7 Å². The normalized spacial score (nSPS) is 11.2. The fraction of sp³-hybridized carbons (Fsp3) is 0.938. The van der Waals surface area contributed by atoms with Crippen LogP contribution in [-0.4, -0.2) is 42.2 Å². The Morgan fingerprint density at radius 2 is 1.40 bits per heavy atom. The minimum atomic E-state index is -0.759. The van der Waals surface area contributed by atoms with Crippen LogP contribution in [0.4, 0.5) is 0 Å². The third-order valence-electron chi connectivity index (χ3n) is 3.63. The number of unbranched alkanes of at least 4 members (excludes halogenated alkanes) is 9. The third kappa shape index (κ3) is 13.8. The number of hydrogen-bond donors (Lipinski definition) is 2. The molecule has 0 rings (SSSR count). The maximum absolute atomic E-state index is 10.7.